The van der Waals surface area contributed by atoms with E-state index in [1.807, 2.05) is 49.2 Å². The second kappa shape index (κ2) is 10.4. The molecule has 29 heavy (non-hydrogen) atoms. The number of thioether (sulfide) groups is 1. The van der Waals surface area contributed by atoms with Gasteiger partial charge in [-0.25, -0.2) is 0 Å². The molecule has 5 nitrogen and oxygen atoms in total. The van der Waals surface area contributed by atoms with Crippen LogP contribution in [0.3, 0.4) is 0 Å². The maximum absolute atomic E-state index is 12.7. The van der Waals surface area contributed by atoms with Crippen molar-refractivity contribution in [2.24, 2.45) is 0 Å². The van der Waals surface area contributed by atoms with Crippen LogP contribution in [0.4, 0.5) is 0 Å². The zero-order valence-electron chi connectivity index (χ0n) is 17.2. The molecule has 3 rings (SSSR count). The van der Waals surface area contributed by atoms with Gasteiger partial charge in [0.05, 0.1) is 23.6 Å². The standard InChI is InChI=1S/C23H29N3O2S/c1-17-9-8-14-24-20(17)15-25-23(28)19-12-6-7-13-21(19)29-16-22(27)26(2)18-10-4-3-5-11-18/h6-9,12-14,18H,3-5,10-11,15-16H2,1-2H3,(H,25,28). The van der Waals surface area contributed by atoms with Crippen LogP contribution in [0, 0.1) is 6.92 Å². The number of rotatable bonds is 7. The van der Waals surface area contributed by atoms with E-state index in [2.05, 4.69) is 10.3 Å². The first-order valence-electron chi connectivity index (χ1n) is 10.2. The molecule has 0 aliphatic heterocycles. The summed E-state index contributed by atoms with van der Waals surface area (Å²) in [5.74, 6) is 0.323. The fourth-order valence-electron chi connectivity index (χ4n) is 3.66. The van der Waals surface area contributed by atoms with Crippen LogP contribution in [0.1, 0.15) is 53.7 Å². The summed E-state index contributed by atoms with van der Waals surface area (Å²) in [5.41, 5.74) is 2.50. The van der Waals surface area contributed by atoms with Crippen molar-refractivity contribution in [2.45, 2.75) is 56.5 Å². The van der Waals surface area contributed by atoms with Crippen LogP contribution >= 0.6 is 11.8 Å². The average Bonchev–Trinajstić information content (AvgIpc) is 2.77. The quantitative estimate of drug-likeness (QED) is 0.694. The summed E-state index contributed by atoms with van der Waals surface area (Å²) in [5, 5.41) is 2.95. The molecule has 2 amide bonds. The third kappa shape index (κ3) is 5.82. The summed E-state index contributed by atoms with van der Waals surface area (Å²) < 4.78 is 0. The second-order valence-electron chi connectivity index (χ2n) is 7.53. The van der Waals surface area contributed by atoms with Crippen molar-refractivity contribution in [2.75, 3.05) is 12.8 Å². The third-order valence-electron chi connectivity index (χ3n) is 5.53. The largest absolute Gasteiger partial charge is 0.346 e. The lowest BCUT2D eigenvalue weighted by Crippen LogP contribution is -2.39. The minimum absolute atomic E-state index is 0.126. The Hall–Kier alpha value is -2.34. The van der Waals surface area contributed by atoms with Gasteiger partial charge >= 0.3 is 0 Å². The maximum Gasteiger partial charge on any atom is 0.252 e. The van der Waals surface area contributed by atoms with E-state index in [-0.39, 0.29) is 11.8 Å². The summed E-state index contributed by atoms with van der Waals surface area (Å²) in [7, 11) is 1.91. The predicted octanol–water partition coefficient (Wildman–Crippen LogP) is 4.20. The Labute approximate surface area is 177 Å². The number of carbonyl (C=O) groups is 2. The molecule has 0 spiro atoms. The topological polar surface area (TPSA) is 62.3 Å². The van der Waals surface area contributed by atoms with E-state index in [9.17, 15) is 9.59 Å². The fraction of sp³-hybridized carbons (Fsp3) is 0.435. The number of aryl methyl sites for hydroxylation is 1. The molecule has 1 heterocycles. The molecule has 0 atom stereocenters. The van der Waals surface area contributed by atoms with Crippen molar-refractivity contribution in [1.82, 2.24) is 15.2 Å². The minimum atomic E-state index is -0.147. The van der Waals surface area contributed by atoms with Crippen LogP contribution in [-0.2, 0) is 11.3 Å². The molecule has 6 heteroatoms. The molecule has 1 aromatic carbocycles. The monoisotopic (exact) mass is 411 g/mol. The Kier molecular flexibility index (Phi) is 7.69. The SMILES string of the molecule is Cc1cccnc1CNC(=O)c1ccccc1SCC(=O)N(C)C1CCCCC1. The maximum atomic E-state index is 12.7. The van der Waals surface area contributed by atoms with Gasteiger partial charge in [-0.3, -0.25) is 14.6 Å². The van der Waals surface area contributed by atoms with Crippen molar-refractivity contribution in [3.05, 3.63) is 59.4 Å². The van der Waals surface area contributed by atoms with E-state index >= 15 is 0 Å². The second-order valence-corrected chi connectivity index (χ2v) is 8.55. The van der Waals surface area contributed by atoms with E-state index in [0.29, 0.717) is 23.9 Å². The molecule has 0 radical (unpaired) electrons. The average molecular weight is 412 g/mol. The number of pyridine rings is 1. The molecule has 1 fully saturated rings. The van der Waals surface area contributed by atoms with Crippen molar-refractivity contribution >= 4 is 23.6 Å². The Morgan fingerprint density at radius 1 is 1.14 bits per heavy atom. The van der Waals surface area contributed by atoms with Crippen LogP contribution in [0.25, 0.3) is 0 Å². The molecule has 0 saturated heterocycles. The Balaban J connectivity index is 1.58. The summed E-state index contributed by atoms with van der Waals surface area (Å²) >= 11 is 1.43. The van der Waals surface area contributed by atoms with Crippen LogP contribution in [-0.4, -0.2) is 40.5 Å². The van der Waals surface area contributed by atoms with Crippen LogP contribution < -0.4 is 5.32 Å². The Bertz CT molecular complexity index is 850. The van der Waals surface area contributed by atoms with E-state index in [4.69, 9.17) is 0 Å². The lowest BCUT2D eigenvalue weighted by molar-refractivity contribution is -0.129. The number of benzene rings is 1. The van der Waals surface area contributed by atoms with Gasteiger partial charge in [-0.05, 0) is 43.5 Å². The number of aromatic nitrogens is 1. The molecule has 2 aromatic rings. The molecular weight excluding hydrogens is 382 g/mol. The van der Waals surface area contributed by atoms with Gasteiger partial charge in [-0.2, -0.15) is 0 Å². The van der Waals surface area contributed by atoms with E-state index in [1.165, 1.54) is 31.0 Å². The molecule has 0 bridgehead atoms. The van der Waals surface area contributed by atoms with Crippen LogP contribution in [0.15, 0.2) is 47.5 Å². The summed E-state index contributed by atoms with van der Waals surface area (Å²) in [4.78, 5) is 32.4. The van der Waals surface area contributed by atoms with Crippen molar-refractivity contribution in [1.29, 1.82) is 0 Å². The molecule has 1 aliphatic rings. The van der Waals surface area contributed by atoms with Gasteiger partial charge in [0.2, 0.25) is 5.91 Å². The molecule has 1 saturated carbocycles. The first kappa shape index (κ1) is 21.4. The molecule has 154 valence electrons. The van der Waals surface area contributed by atoms with Gasteiger partial charge in [0.1, 0.15) is 0 Å². The zero-order valence-corrected chi connectivity index (χ0v) is 18.0. The van der Waals surface area contributed by atoms with Crippen molar-refractivity contribution in [3.8, 4) is 0 Å². The van der Waals surface area contributed by atoms with E-state index < -0.39 is 0 Å². The van der Waals surface area contributed by atoms with Gasteiger partial charge in [0, 0.05) is 24.2 Å². The highest BCUT2D eigenvalue weighted by Gasteiger charge is 2.22. The van der Waals surface area contributed by atoms with Gasteiger partial charge in [0.15, 0.2) is 0 Å². The molecular formula is C23H29N3O2S. The first-order chi connectivity index (χ1) is 14.1. The van der Waals surface area contributed by atoms with Gasteiger partial charge < -0.3 is 10.2 Å². The summed E-state index contributed by atoms with van der Waals surface area (Å²) in [6, 6.07) is 11.7. The number of nitrogens with zero attached hydrogens (tertiary/aromatic N) is 2. The predicted molar refractivity (Wildman–Crippen MR) is 117 cm³/mol. The summed E-state index contributed by atoms with van der Waals surface area (Å²) in [6.07, 6.45) is 7.60. The summed E-state index contributed by atoms with van der Waals surface area (Å²) in [6.45, 7) is 2.36. The smallest absolute Gasteiger partial charge is 0.252 e. The highest BCUT2D eigenvalue weighted by molar-refractivity contribution is 8.00. The Morgan fingerprint density at radius 3 is 2.66 bits per heavy atom. The number of amides is 2. The minimum Gasteiger partial charge on any atom is -0.346 e. The van der Waals surface area contributed by atoms with Gasteiger partial charge in [0.25, 0.3) is 5.91 Å². The van der Waals surface area contributed by atoms with Gasteiger partial charge in [-0.15, -0.1) is 11.8 Å². The van der Waals surface area contributed by atoms with E-state index in [1.54, 1.807) is 12.3 Å². The van der Waals surface area contributed by atoms with Crippen LogP contribution in [0.5, 0.6) is 0 Å². The molecule has 1 aromatic heterocycles. The number of carbonyl (C=O) groups excluding carboxylic acids is 2. The lowest BCUT2D eigenvalue weighted by Gasteiger charge is -2.31. The normalized spacial score (nSPS) is 14.4. The highest BCUT2D eigenvalue weighted by atomic mass is 32.2. The number of hydrogen-bond donors (Lipinski definition) is 1. The van der Waals surface area contributed by atoms with Crippen molar-refractivity contribution in [3.63, 3.8) is 0 Å². The molecule has 0 unspecified atom stereocenters. The van der Waals surface area contributed by atoms with Crippen LogP contribution in [0.2, 0.25) is 0 Å². The number of hydrogen-bond acceptors (Lipinski definition) is 4. The molecule has 1 aliphatic carbocycles. The lowest BCUT2D eigenvalue weighted by atomic mass is 9.94. The highest BCUT2D eigenvalue weighted by Crippen LogP contribution is 2.25. The third-order valence-corrected chi connectivity index (χ3v) is 6.59. The zero-order chi connectivity index (χ0) is 20.6. The van der Waals surface area contributed by atoms with Crippen molar-refractivity contribution < 1.29 is 9.59 Å². The van der Waals surface area contributed by atoms with Gasteiger partial charge in [-0.1, -0.05) is 37.5 Å². The van der Waals surface area contributed by atoms with E-state index in [0.717, 1.165) is 29.0 Å². The number of nitrogens with one attached hydrogen (secondary N) is 1. The first-order valence-corrected chi connectivity index (χ1v) is 11.2. The fourth-order valence-corrected chi connectivity index (χ4v) is 4.63. The molecule has 1 N–H and O–H groups in total. The Morgan fingerprint density at radius 2 is 1.90 bits per heavy atom.